The van der Waals surface area contributed by atoms with Crippen molar-refractivity contribution in [3.63, 3.8) is 0 Å². The van der Waals surface area contributed by atoms with Crippen LogP contribution in [0.3, 0.4) is 0 Å². The summed E-state index contributed by atoms with van der Waals surface area (Å²) in [4.78, 5) is 32.3. The van der Waals surface area contributed by atoms with Crippen LogP contribution >= 0.6 is 0 Å². The van der Waals surface area contributed by atoms with Gasteiger partial charge in [-0.3, -0.25) is 14.3 Å². The summed E-state index contributed by atoms with van der Waals surface area (Å²) >= 11 is 0. The van der Waals surface area contributed by atoms with Crippen molar-refractivity contribution in [2.45, 2.75) is 6.10 Å². The number of rotatable bonds is 1. The molecule has 0 aromatic carbocycles. The maximum absolute atomic E-state index is 12.0. The Morgan fingerprint density at radius 1 is 1.29 bits per heavy atom. The Morgan fingerprint density at radius 2 is 2.05 bits per heavy atom. The highest BCUT2D eigenvalue weighted by Crippen LogP contribution is 2.18. The van der Waals surface area contributed by atoms with Gasteiger partial charge in [-0.1, -0.05) is 0 Å². The molecule has 3 N–H and O–H groups in total. The highest BCUT2D eigenvalue weighted by Gasteiger charge is 2.22. The third-order valence-electron chi connectivity index (χ3n) is 3.76. The van der Waals surface area contributed by atoms with E-state index < -0.39 is 17.4 Å². The summed E-state index contributed by atoms with van der Waals surface area (Å²) in [5.41, 5.74) is -0.260. The van der Waals surface area contributed by atoms with Gasteiger partial charge >= 0.3 is 5.69 Å². The van der Waals surface area contributed by atoms with E-state index in [1.54, 1.807) is 18.7 Å². The minimum absolute atomic E-state index is 0.341. The minimum Gasteiger partial charge on any atom is -0.390 e. The smallest absolute Gasteiger partial charge is 0.329 e. The number of aromatic nitrogens is 4. The molecule has 1 fully saturated rings. The molecule has 1 saturated heterocycles. The number of hydrogen-bond acceptors (Lipinski definition) is 6. The predicted molar refractivity (Wildman–Crippen MR) is 77.7 cm³/mol. The number of β-amino-alcohol motifs (C(OH)–C–C–N with tert-alkyl or cyclic N) is 1. The zero-order valence-electron chi connectivity index (χ0n) is 12.0. The summed E-state index contributed by atoms with van der Waals surface area (Å²) < 4.78 is 2.97. The molecule has 114 valence electrons. The third-order valence-corrected chi connectivity index (χ3v) is 3.76. The Bertz CT molecular complexity index is 789. The highest BCUT2D eigenvalue weighted by molar-refractivity contribution is 5.74. The lowest BCUT2D eigenvalue weighted by molar-refractivity contribution is 0.184. The first-order valence-electron chi connectivity index (χ1n) is 6.78. The molecular weight excluding hydrogens is 276 g/mol. The van der Waals surface area contributed by atoms with Gasteiger partial charge in [0.25, 0.3) is 5.56 Å². The second-order valence-electron chi connectivity index (χ2n) is 5.27. The zero-order valence-corrected chi connectivity index (χ0v) is 12.0. The minimum atomic E-state index is -0.505. The van der Waals surface area contributed by atoms with Crippen molar-refractivity contribution in [1.29, 1.82) is 0 Å². The van der Waals surface area contributed by atoms with Gasteiger partial charge in [-0.2, -0.15) is 4.98 Å². The molecule has 1 aliphatic rings. The standard InChI is InChI=1S/C12H18N6O3/c1-16-8-9(17(2)12(21)15-10(8)20)14-11(16)18-4-3-13-5-7(19)6-18/h7,13,19H,3-6H2,1-2H3,(H,15,20,21)/t7-/m0/s1. The lowest BCUT2D eigenvalue weighted by atomic mass is 10.3. The fourth-order valence-corrected chi connectivity index (χ4v) is 2.65. The van der Waals surface area contributed by atoms with Crippen LogP contribution in [0.1, 0.15) is 0 Å². The average Bonchev–Trinajstić information content (AvgIpc) is 2.62. The summed E-state index contributed by atoms with van der Waals surface area (Å²) in [7, 11) is 3.30. The molecule has 2 aromatic rings. The van der Waals surface area contributed by atoms with E-state index in [4.69, 9.17) is 0 Å². The normalized spacial score (nSPS) is 20.0. The monoisotopic (exact) mass is 294 g/mol. The SMILES string of the molecule is Cn1c(N2CCNC[C@H](O)C2)nc2c1c(=O)[nH]c(=O)n2C. The van der Waals surface area contributed by atoms with Gasteiger partial charge in [0.15, 0.2) is 11.2 Å². The van der Waals surface area contributed by atoms with Crippen LogP contribution in [0.2, 0.25) is 0 Å². The maximum Gasteiger partial charge on any atom is 0.329 e. The number of aryl methyl sites for hydroxylation is 2. The molecule has 21 heavy (non-hydrogen) atoms. The van der Waals surface area contributed by atoms with Crippen LogP contribution in [0.25, 0.3) is 11.2 Å². The Hall–Kier alpha value is -2.13. The molecule has 0 amide bonds. The Labute approximate surface area is 119 Å². The third kappa shape index (κ3) is 2.24. The second-order valence-corrected chi connectivity index (χ2v) is 5.27. The van der Waals surface area contributed by atoms with Gasteiger partial charge in [-0.15, -0.1) is 0 Å². The van der Waals surface area contributed by atoms with Crippen LogP contribution in [0.4, 0.5) is 5.95 Å². The number of aliphatic hydroxyl groups excluding tert-OH is 1. The second kappa shape index (κ2) is 5.01. The number of aromatic amines is 1. The van der Waals surface area contributed by atoms with Crippen LogP contribution < -0.4 is 21.5 Å². The van der Waals surface area contributed by atoms with Crippen molar-refractivity contribution in [3.05, 3.63) is 20.8 Å². The summed E-state index contributed by atoms with van der Waals surface area (Å²) in [5, 5.41) is 13.0. The number of anilines is 1. The van der Waals surface area contributed by atoms with Crippen molar-refractivity contribution in [1.82, 2.24) is 24.4 Å². The van der Waals surface area contributed by atoms with Crippen molar-refractivity contribution in [2.75, 3.05) is 31.1 Å². The zero-order chi connectivity index (χ0) is 15.1. The maximum atomic E-state index is 12.0. The molecule has 1 atom stereocenters. The molecule has 0 aliphatic carbocycles. The highest BCUT2D eigenvalue weighted by atomic mass is 16.3. The summed E-state index contributed by atoms with van der Waals surface area (Å²) in [6, 6.07) is 0. The van der Waals surface area contributed by atoms with Gasteiger partial charge in [0.1, 0.15) is 0 Å². The number of aliphatic hydroxyl groups is 1. The molecule has 0 radical (unpaired) electrons. The van der Waals surface area contributed by atoms with Gasteiger partial charge in [-0.05, 0) is 0 Å². The first-order chi connectivity index (χ1) is 9.99. The molecule has 9 heteroatoms. The van der Waals surface area contributed by atoms with Crippen LogP contribution in [0, 0.1) is 0 Å². The Morgan fingerprint density at radius 3 is 2.81 bits per heavy atom. The Kier molecular flexibility index (Phi) is 3.30. The van der Waals surface area contributed by atoms with E-state index >= 15 is 0 Å². The quantitative estimate of drug-likeness (QED) is 0.547. The molecule has 0 spiro atoms. The van der Waals surface area contributed by atoms with Crippen LogP contribution in [0.15, 0.2) is 9.59 Å². The molecule has 0 bridgehead atoms. The van der Waals surface area contributed by atoms with Crippen LogP contribution in [-0.4, -0.2) is 56.5 Å². The van der Waals surface area contributed by atoms with Gasteiger partial charge in [0.2, 0.25) is 5.95 Å². The van der Waals surface area contributed by atoms with Gasteiger partial charge in [0, 0.05) is 40.3 Å². The van der Waals surface area contributed by atoms with E-state index in [9.17, 15) is 14.7 Å². The van der Waals surface area contributed by atoms with Crippen LogP contribution in [0.5, 0.6) is 0 Å². The number of fused-ring (bicyclic) bond motifs is 1. The van der Waals surface area contributed by atoms with E-state index in [1.165, 1.54) is 4.57 Å². The molecule has 9 nitrogen and oxygen atoms in total. The molecule has 0 unspecified atom stereocenters. The molecule has 1 aliphatic heterocycles. The number of hydrogen-bond donors (Lipinski definition) is 3. The van der Waals surface area contributed by atoms with Crippen molar-refractivity contribution >= 4 is 17.1 Å². The molecule has 0 saturated carbocycles. The van der Waals surface area contributed by atoms with Gasteiger partial charge < -0.3 is 19.9 Å². The first kappa shape index (κ1) is 13.8. The number of nitrogens with one attached hydrogen (secondary N) is 2. The number of nitrogens with zero attached hydrogens (tertiary/aromatic N) is 4. The van der Waals surface area contributed by atoms with Gasteiger partial charge in [-0.25, -0.2) is 4.79 Å². The lowest BCUT2D eigenvalue weighted by Gasteiger charge is -2.22. The fraction of sp³-hybridized carbons (Fsp3) is 0.583. The largest absolute Gasteiger partial charge is 0.390 e. The number of H-pyrrole nitrogens is 1. The lowest BCUT2D eigenvalue weighted by Crippen LogP contribution is -2.34. The van der Waals surface area contributed by atoms with Crippen LogP contribution in [-0.2, 0) is 14.1 Å². The van der Waals surface area contributed by atoms with E-state index in [0.29, 0.717) is 36.7 Å². The van der Waals surface area contributed by atoms with E-state index in [1.807, 2.05) is 4.90 Å². The van der Waals surface area contributed by atoms with Gasteiger partial charge in [0.05, 0.1) is 6.10 Å². The topological polar surface area (TPSA) is 108 Å². The first-order valence-corrected chi connectivity index (χ1v) is 6.78. The summed E-state index contributed by atoms with van der Waals surface area (Å²) in [6.07, 6.45) is -0.505. The molecule has 3 rings (SSSR count). The van der Waals surface area contributed by atoms with E-state index in [0.717, 1.165) is 6.54 Å². The summed E-state index contributed by atoms with van der Waals surface area (Å²) in [5.74, 6) is 0.569. The molecule has 2 aromatic heterocycles. The van der Waals surface area contributed by atoms with Crippen molar-refractivity contribution in [2.24, 2.45) is 14.1 Å². The van der Waals surface area contributed by atoms with Crippen molar-refractivity contribution < 1.29 is 5.11 Å². The predicted octanol–water partition coefficient (Wildman–Crippen LogP) is -2.27. The number of imidazole rings is 1. The van der Waals surface area contributed by atoms with E-state index in [2.05, 4.69) is 15.3 Å². The molecular formula is C12H18N6O3. The van der Waals surface area contributed by atoms with Crippen molar-refractivity contribution in [3.8, 4) is 0 Å². The van der Waals surface area contributed by atoms with E-state index in [-0.39, 0.29) is 0 Å². The average molecular weight is 294 g/mol. The fourth-order valence-electron chi connectivity index (χ4n) is 2.65. The summed E-state index contributed by atoms with van der Waals surface area (Å²) in [6.45, 7) is 2.34. The Balaban J connectivity index is 2.18. The molecule has 3 heterocycles.